The van der Waals surface area contributed by atoms with Gasteiger partial charge in [0.2, 0.25) is 0 Å². The molecule has 0 atom stereocenters. The molecular formula is C20H15ClF4N6O2. The molecule has 0 aliphatic heterocycles. The van der Waals surface area contributed by atoms with E-state index in [-0.39, 0.29) is 22.4 Å². The molecule has 3 rings (SSSR count). The predicted molar refractivity (Wildman–Crippen MR) is 109 cm³/mol. The maximum absolute atomic E-state index is 14.5. The summed E-state index contributed by atoms with van der Waals surface area (Å²) in [4.78, 5) is 35.2. The molecule has 0 unspecified atom stereocenters. The van der Waals surface area contributed by atoms with Gasteiger partial charge in [-0.25, -0.2) is 24.6 Å². The van der Waals surface area contributed by atoms with Crippen molar-refractivity contribution in [2.75, 3.05) is 0 Å². The first kappa shape index (κ1) is 23.9. The summed E-state index contributed by atoms with van der Waals surface area (Å²) in [7, 11) is 0. The van der Waals surface area contributed by atoms with Crippen LogP contribution in [0.1, 0.15) is 27.4 Å². The highest BCUT2D eigenvalue weighted by Gasteiger charge is 2.36. The highest BCUT2D eigenvalue weighted by Crippen LogP contribution is 2.41. The van der Waals surface area contributed by atoms with Gasteiger partial charge in [0.15, 0.2) is 0 Å². The van der Waals surface area contributed by atoms with E-state index in [1.54, 1.807) is 6.92 Å². The smallest absolute Gasteiger partial charge is 0.331 e. The average Bonchev–Trinajstić information content (AvgIpc) is 2.76. The fourth-order valence-corrected chi connectivity index (χ4v) is 2.98. The third-order valence-corrected chi connectivity index (χ3v) is 4.59. The maximum atomic E-state index is 14.5. The lowest BCUT2D eigenvalue weighted by molar-refractivity contribution is -0.137. The van der Waals surface area contributed by atoms with Crippen molar-refractivity contribution in [1.29, 1.82) is 0 Å². The van der Waals surface area contributed by atoms with E-state index in [0.29, 0.717) is 5.82 Å². The van der Waals surface area contributed by atoms with E-state index in [0.717, 1.165) is 24.4 Å². The van der Waals surface area contributed by atoms with Crippen LogP contribution in [-0.4, -0.2) is 26.9 Å². The molecule has 172 valence electrons. The number of aromatic nitrogens is 3. The topological polar surface area (TPSA) is 109 Å². The van der Waals surface area contributed by atoms with E-state index in [1.165, 1.54) is 18.5 Å². The molecule has 3 aromatic rings. The van der Waals surface area contributed by atoms with Crippen LogP contribution in [0.4, 0.5) is 22.4 Å². The maximum Gasteiger partial charge on any atom is 0.418 e. The van der Waals surface area contributed by atoms with Gasteiger partial charge < -0.3 is 5.32 Å². The van der Waals surface area contributed by atoms with Crippen LogP contribution in [-0.2, 0) is 12.7 Å². The Kier molecular flexibility index (Phi) is 7.07. The number of rotatable bonds is 4. The van der Waals surface area contributed by atoms with Crippen LogP contribution in [0.2, 0.25) is 5.02 Å². The van der Waals surface area contributed by atoms with Gasteiger partial charge in [-0.05, 0) is 24.6 Å². The molecule has 1 aromatic carbocycles. The Hall–Kier alpha value is -3.80. The van der Waals surface area contributed by atoms with Crippen molar-refractivity contribution in [3.8, 4) is 11.1 Å². The standard InChI is InChI=1S/C20H15ClF4N6O2/c1-10-26-7-12(8-27-10)18(32)30-31-19(33)29-9-16-15(22)5-11(6-28-16)13-3-2-4-14(21)17(13)20(23,24)25/h2-8H,9H2,1H3,(H,30,32)(H2,29,31,33). The number of benzene rings is 1. The largest absolute Gasteiger partial charge is 0.418 e. The van der Waals surface area contributed by atoms with E-state index in [1.807, 2.05) is 0 Å². The second kappa shape index (κ2) is 9.77. The molecule has 0 aliphatic rings. The normalized spacial score (nSPS) is 11.1. The van der Waals surface area contributed by atoms with Crippen molar-refractivity contribution in [1.82, 2.24) is 31.1 Å². The van der Waals surface area contributed by atoms with Gasteiger partial charge in [-0.1, -0.05) is 23.7 Å². The van der Waals surface area contributed by atoms with E-state index < -0.39 is 41.1 Å². The van der Waals surface area contributed by atoms with Crippen LogP contribution in [0.5, 0.6) is 0 Å². The molecule has 0 bridgehead atoms. The van der Waals surface area contributed by atoms with Gasteiger partial charge in [-0.2, -0.15) is 13.2 Å². The van der Waals surface area contributed by atoms with Crippen LogP contribution < -0.4 is 16.2 Å². The molecule has 33 heavy (non-hydrogen) atoms. The number of hydrazine groups is 1. The zero-order valence-corrected chi connectivity index (χ0v) is 17.6. The number of carbonyl (C=O) groups is 2. The highest BCUT2D eigenvalue weighted by atomic mass is 35.5. The fraction of sp³-hybridized carbons (Fsp3) is 0.150. The van der Waals surface area contributed by atoms with Gasteiger partial charge in [-0.3, -0.25) is 15.2 Å². The molecule has 3 N–H and O–H groups in total. The predicted octanol–water partition coefficient (Wildman–Crippen LogP) is 3.80. The number of pyridine rings is 1. The summed E-state index contributed by atoms with van der Waals surface area (Å²) in [5.74, 6) is -1.16. The van der Waals surface area contributed by atoms with E-state index in [2.05, 4.69) is 31.1 Å². The molecule has 3 amide bonds. The summed E-state index contributed by atoms with van der Waals surface area (Å²) in [5, 5.41) is 1.73. The molecule has 0 spiro atoms. The lowest BCUT2D eigenvalue weighted by atomic mass is 10.00. The molecule has 0 saturated carbocycles. The number of hydrogen-bond donors (Lipinski definition) is 3. The van der Waals surface area contributed by atoms with Crippen molar-refractivity contribution in [2.24, 2.45) is 0 Å². The molecule has 0 saturated heterocycles. The summed E-state index contributed by atoms with van der Waals surface area (Å²) >= 11 is 5.69. The molecule has 8 nitrogen and oxygen atoms in total. The minimum atomic E-state index is -4.75. The second-order valence-corrected chi connectivity index (χ2v) is 7.00. The first-order valence-electron chi connectivity index (χ1n) is 9.19. The number of amides is 3. The monoisotopic (exact) mass is 482 g/mol. The number of nitrogens with zero attached hydrogens (tertiary/aromatic N) is 3. The third kappa shape index (κ3) is 5.92. The number of alkyl halides is 3. The summed E-state index contributed by atoms with van der Waals surface area (Å²) in [5.41, 5.74) is 2.46. The Morgan fingerprint density at radius 3 is 2.39 bits per heavy atom. The molecule has 0 fully saturated rings. The number of carbonyl (C=O) groups excluding carboxylic acids is 2. The lowest BCUT2D eigenvalue weighted by Crippen LogP contribution is -2.46. The Bertz CT molecular complexity index is 1190. The van der Waals surface area contributed by atoms with Crippen LogP contribution in [0.25, 0.3) is 11.1 Å². The van der Waals surface area contributed by atoms with Crippen LogP contribution in [0.15, 0.2) is 42.9 Å². The molecular weight excluding hydrogens is 468 g/mol. The van der Waals surface area contributed by atoms with Crippen molar-refractivity contribution in [2.45, 2.75) is 19.6 Å². The molecule has 2 heterocycles. The molecule has 0 aliphatic carbocycles. The Balaban J connectivity index is 1.63. The molecule has 0 radical (unpaired) electrons. The Morgan fingerprint density at radius 2 is 1.76 bits per heavy atom. The summed E-state index contributed by atoms with van der Waals surface area (Å²) < 4.78 is 54.5. The van der Waals surface area contributed by atoms with Crippen LogP contribution in [0, 0.1) is 12.7 Å². The highest BCUT2D eigenvalue weighted by molar-refractivity contribution is 6.31. The van der Waals surface area contributed by atoms with Crippen LogP contribution in [0.3, 0.4) is 0 Å². The number of halogens is 5. The number of nitrogens with one attached hydrogen (secondary N) is 3. The third-order valence-electron chi connectivity index (χ3n) is 4.27. The molecule has 13 heteroatoms. The molecule has 2 aromatic heterocycles. The van der Waals surface area contributed by atoms with Crippen molar-refractivity contribution < 1.29 is 27.2 Å². The minimum absolute atomic E-state index is 0.100. The van der Waals surface area contributed by atoms with E-state index in [4.69, 9.17) is 11.6 Å². The van der Waals surface area contributed by atoms with E-state index >= 15 is 0 Å². The van der Waals surface area contributed by atoms with Gasteiger partial charge in [0.1, 0.15) is 11.6 Å². The second-order valence-electron chi connectivity index (χ2n) is 6.59. The van der Waals surface area contributed by atoms with Crippen molar-refractivity contribution in [3.05, 3.63) is 76.3 Å². The zero-order valence-electron chi connectivity index (χ0n) is 16.8. The number of aryl methyl sites for hydroxylation is 1. The minimum Gasteiger partial charge on any atom is -0.331 e. The summed E-state index contributed by atoms with van der Waals surface area (Å²) in [6, 6.07) is 3.53. The van der Waals surface area contributed by atoms with Gasteiger partial charge in [0.25, 0.3) is 5.91 Å². The van der Waals surface area contributed by atoms with Gasteiger partial charge in [0.05, 0.1) is 28.4 Å². The van der Waals surface area contributed by atoms with Crippen LogP contribution >= 0.6 is 11.6 Å². The van der Waals surface area contributed by atoms with Gasteiger partial charge in [-0.15, -0.1) is 0 Å². The number of hydrogen-bond acceptors (Lipinski definition) is 5. The average molecular weight is 483 g/mol. The zero-order chi connectivity index (χ0) is 24.2. The van der Waals surface area contributed by atoms with Crippen molar-refractivity contribution >= 4 is 23.5 Å². The Morgan fingerprint density at radius 1 is 1.06 bits per heavy atom. The first-order valence-corrected chi connectivity index (χ1v) is 9.57. The van der Waals surface area contributed by atoms with Gasteiger partial charge >= 0.3 is 12.2 Å². The fourth-order valence-electron chi connectivity index (χ4n) is 2.70. The lowest BCUT2D eigenvalue weighted by Gasteiger charge is -2.15. The first-order chi connectivity index (χ1) is 15.6. The summed E-state index contributed by atoms with van der Waals surface area (Å²) in [6.45, 7) is 1.24. The summed E-state index contributed by atoms with van der Waals surface area (Å²) in [6.07, 6.45) is -1.18. The quantitative estimate of drug-likeness (QED) is 0.387. The number of urea groups is 1. The Labute approximate surface area is 189 Å². The van der Waals surface area contributed by atoms with Crippen molar-refractivity contribution in [3.63, 3.8) is 0 Å². The van der Waals surface area contributed by atoms with Gasteiger partial charge in [0, 0.05) is 24.2 Å². The SMILES string of the molecule is Cc1ncc(C(=O)NNC(=O)NCc2ncc(-c3cccc(Cl)c3C(F)(F)F)cc2F)cn1. The van der Waals surface area contributed by atoms with E-state index in [9.17, 15) is 27.2 Å².